The molecule has 0 radical (unpaired) electrons. The van der Waals surface area contributed by atoms with E-state index in [1.54, 1.807) is 37.4 Å². The van der Waals surface area contributed by atoms with Crippen molar-refractivity contribution in [1.82, 2.24) is 5.43 Å². The molecule has 0 atom stereocenters. The first kappa shape index (κ1) is 25.5. The molecule has 0 saturated heterocycles. The van der Waals surface area contributed by atoms with Gasteiger partial charge in [0.1, 0.15) is 6.61 Å². The number of rotatable bonds is 10. The number of halogens is 2. The van der Waals surface area contributed by atoms with Crippen LogP contribution >= 0.6 is 34.2 Å². The fraction of sp³-hybridized carbons (Fsp3) is 0.160. The Labute approximate surface area is 216 Å². The lowest BCUT2D eigenvalue weighted by Crippen LogP contribution is -2.20. The Hall–Kier alpha value is -3.11. The fourth-order valence-electron chi connectivity index (χ4n) is 2.94. The van der Waals surface area contributed by atoms with Crippen LogP contribution < -0.4 is 20.2 Å². The summed E-state index contributed by atoms with van der Waals surface area (Å²) in [4.78, 5) is 24.0. The number of carbonyl (C=O) groups is 2. The van der Waals surface area contributed by atoms with Gasteiger partial charge < -0.3 is 14.8 Å². The Balaban J connectivity index is 1.50. The molecule has 176 valence electrons. The van der Waals surface area contributed by atoms with Gasteiger partial charge in [-0.05, 0) is 64.0 Å². The Kier molecular flexibility index (Phi) is 9.72. The first-order valence-corrected chi connectivity index (χ1v) is 11.8. The first-order chi connectivity index (χ1) is 16.4. The van der Waals surface area contributed by atoms with Crippen LogP contribution in [-0.4, -0.2) is 25.1 Å². The van der Waals surface area contributed by atoms with Crippen LogP contribution in [0.3, 0.4) is 0 Å². The van der Waals surface area contributed by atoms with Crippen molar-refractivity contribution in [1.29, 1.82) is 0 Å². The van der Waals surface area contributed by atoms with Crippen molar-refractivity contribution >= 4 is 57.9 Å². The molecule has 3 rings (SSSR count). The maximum atomic E-state index is 12.0. The van der Waals surface area contributed by atoms with E-state index in [9.17, 15) is 9.59 Å². The number of amides is 2. The highest BCUT2D eigenvalue weighted by atomic mass is 127. The number of hydrazone groups is 1. The van der Waals surface area contributed by atoms with Gasteiger partial charge in [-0.1, -0.05) is 48.0 Å². The van der Waals surface area contributed by atoms with Gasteiger partial charge in [0.15, 0.2) is 11.5 Å². The molecule has 9 heteroatoms. The van der Waals surface area contributed by atoms with Gasteiger partial charge in [-0.25, -0.2) is 5.43 Å². The molecular weight excluding hydrogens is 569 g/mol. The number of ether oxygens (including phenoxy) is 2. The van der Waals surface area contributed by atoms with E-state index in [1.165, 1.54) is 6.21 Å². The molecule has 0 aromatic heterocycles. The van der Waals surface area contributed by atoms with Gasteiger partial charge in [-0.3, -0.25) is 9.59 Å². The van der Waals surface area contributed by atoms with Gasteiger partial charge >= 0.3 is 0 Å². The van der Waals surface area contributed by atoms with E-state index >= 15 is 0 Å². The largest absolute Gasteiger partial charge is 0.493 e. The molecule has 34 heavy (non-hydrogen) atoms. The van der Waals surface area contributed by atoms with E-state index in [4.69, 9.17) is 21.1 Å². The topological polar surface area (TPSA) is 89.0 Å². The Morgan fingerprint density at radius 3 is 2.53 bits per heavy atom. The van der Waals surface area contributed by atoms with Crippen molar-refractivity contribution in [3.63, 3.8) is 0 Å². The number of anilines is 1. The lowest BCUT2D eigenvalue weighted by molar-refractivity contribution is -0.124. The lowest BCUT2D eigenvalue weighted by Gasteiger charge is -2.13. The number of nitrogens with one attached hydrogen (secondary N) is 2. The number of hydrogen-bond donors (Lipinski definition) is 2. The number of hydrogen-bond acceptors (Lipinski definition) is 5. The van der Waals surface area contributed by atoms with Crippen LogP contribution in [0.5, 0.6) is 11.5 Å². The lowest BCUT2D eigenvalue weighted by atomic mass is 10.2. The first-order valence-electron chi connectivity index (χ1n) is 10.4. The zero-order valence-corrected chi connectivity index (χ0v) is 21.3. The Morgan fingerprint density at radius 1 is 1.03 bits per heavy atom. The predicted octanol–water partition coefficient (Wildman–Crippen LogP) is 5.40. The molecule has 2 N–H and O–H groups in total. The van der Waals surface area contributed by atoms with Gasteiger partial charge in [0.05, 0.1) is 16.9 Å². The molecule has 2 amide bonds. The molecule has 0 aliphatic carbocycles. The van der Waals surface area contributed by atoms with Crippen LogP contribution in [-0.2, 0) is 16.2 Å². The summed E-state index contributed by atoms with van der Waals surface area (Å²) >= 11 is 8.06. The summed E-state index contributed by atoms with van der Waals surface area (Å²) in [6, 6.07) is 20.3. The highest BCUT2D eigenvalue weighted by Crippen LogP contribution is 2.34. The van der Waals surface area contributed by atoms with Crippen LogP contribution in [0.2, 0.25) is 5.02 Å². The average molecular weight is 592 g/mol. The normalized spacial score (nSPS) is 10.7. The zero-order valence-electron chi connectivity index (χ0n) is 18.4. The van der Waals surface area contributed by atoms with Crippen molar-refractivity contribution < 1.29 is 19.1 Å². The van der Waals surface area contributed by atoms with Crippen LogP contribution in [0.4, 0.5) is 5.69 Å². The summed E-state index contributed by atoms with van der Waals surface area (Å²) in [6.07, 6.45) is 1.53. The molecule has 0 fully saturated rings. The van der Waals surface area contributed by atoms with Gasteiger partial charge in [-0.2, -0.15) is 5.10 Å². The maximum absolute atomic E-state index is 12.0. The predicted molar refractivity (Wildman–Crippen MR) is 142 cm³/mol. The van der Waals surface area contributed by atoms with E-state index < -0.39 is 0 Å². The number of carbonyl (C=O) groups excluding carboxylic acids is 2. The molecule has 0 unspecified atom stereocenters. The van der Waals surface area contributed by atoms with Gasteiger partial charge in [0.2, 0.25) is 11.8 Å². The standard InChI is InChI=1S/C25H23ClIN3O4/c1-33-22-13-18(12-21(27)25(22)34-16-17-6-3-2-4-7-17)15-28-30-24(32)11-10-23(31)29-20-9-5-8-19(26)14-20/h2-9,12-15H,10-11,16H2,1H3,(H,29,31)(H,30,32). The fourth-order valence-corrected chi connectivity index (χ4v) is 3.91. The van der Waals surface area contributed by atoms with Crippen LogP contribution in [0, 0.1) is 3.57 Å². The third-order valence-electron chi connectivity index (χ3n) is 4.57. The maximum Gasteiger partial charge on any atom is 0.240 e. The summed E-state index contributed by atoms with van der Waals surface area (Å²) in [7, 11) is 1.57. The Morgan fingerprint density at radius 2 is 1.79 bits per heavy atom. The van der Waals surface area contributed by atoms with Crippen molar-refractivity contribution in [2.75, 3.05) is 12.4 Å². The van der Waals surface area contributed by atoms with Crippen molar-refractivity contribution in [2.45, 2.75) is 19.4 Å². The van der Waals surface area contributed by atoms with Gasteiger partial charge in [0.25, 0.3) is 0 Å². The SMILES string of the molecule is COc1cc(C=NNC(=O)CCC(=O)Nc2cccc(Cl)c2)cc(I)c1OCc1ccccc1. The second-order valence-electron chi connectivity index (χ2n) is 7.16. The van der Waals surface area contributed by atoms with Crippen LogP contribution in [0.1, 0.15) is 24.0 Å². The minimum Gasteiger partial charge on any atom is -0.493 e. The molecule has 0 bridgehead atoms. The van der Waals surface area contributed by atoms with Crippen LogP contribution in [0.25, 0.3) is 0 Å². The molecule has 0 aliphatic rings. The average Bonchev–Trinajstić information content (AvgIpc) is 2.82. The number of methoxy groups -OCH3 is 1. The summed E-state index contributed by atoms with van der Waals surface area (Å²) in [5.41, 5.74) is 4.79. The van der Waals surface area contributed by atoms with Gasteiger partial charge in [0, 0.05) is 23.6 Å². The number of nitrogens with zero attached hydrogens (tertiary/aromatic N) is 1. The molecule has 0 aliphatic heterocycles. The highest BCUT2D eigenvalue weighted by Gasteiger charge is 2.12. The Bertz CT molecular complexity index is 1170. The molecule has 3 aromatic carbocycles. The molecule has 0 saturated carbocycles. The molecular formula is C25H23ClIN3O4. The van der Waals surface area contributed by atoms with Crippen molar-refractivity contribution in [3.05, 3.63) is 86.4 Å². The monoisotopic (exact) mass is 591 g/mol. The second-order valence-corrected chi connectivity index (χ2v) is 8.76. The van der Waals surface area contributed by atoms with E-state index in [0.29, 0.717) is 28.8 Å². The van der Waals surface area contributed by atoms with E-state index in [2.05, 4.69) is 38.4 Å². The minimum absolute atomic E-state index is 0.00312. The van der Waals surface area contributed by atoms with E-state index in [-0.39, 0.29) is 24.7 Å². The van der Waals surface area contributed by atoms with E-state index in [0.717, 1.165) is 14.7 Å². The summed E-state index contributed by atoms with van der Waals surface area (Å²) in [5.74, 6) is 0.542. The summed E-state index contributed by atoms with van der Waals surface area (Å²) in [5, 5.41) is 7.20. The second kappa shape index (κ2) is 13.0. The number of benzene rings is 3. The van der Waals surface area contributed by atoms with Crippen molar-refractivity contribution in [2.24, 2.45) is 5.10 Å². The smallest absolute Gasteiger partial charge is 0.240 e. The third-order valence-corrected chi connectivity index (χ3v) is 5.60. The minimum atomic E-state index is -0.373. The third kappa shape index (κ3) is 8.03. The quantitative estimate of drug-likeness (QED) is 0.188. The van der Waals surface area contributed by atoms with Crippen LogP contribution in [0.15, 0.2) is 71.8 Å². The van der Waals surface area contributed by atoms with E-state index in [1.807, 2.05) is 36.4 Å². The summed E-state index contributed by atoms with van der Waals surface area (Å²) in [6.45, 7) is 0.418. The molecule has 7 nitrogen and oxygen atoms in total. The highest BCUT2D eigenvalue weighted by molar-refractivity contribution is 14.1. The van der Waals surface area contributed by atoms with Gasteiger partial charge in [-0.15, -0.1) is 0 Å². The summed E-state index contributed by atoms with van der Waals surface area (Å²) < 4.78 is 12.3. The van der Waals surface area contributed by atoms with Crippen molar-refractivity contribution in [3.8, 4) is 11.5 Å². The molecule has 0 spiro atoms. The molecule has 3 aromatic rings. The zero-order chi connectivity index (χ0) is 24.3. The molecule has 0 heterocycles.